The maximum atomic E-state index is 8.98. The van der Waals surface area contributed by atoms with E-state index in [0.29, 0.717) is 17.8 Å². The maximum absolute atomic E-state index is 8.98. The molecule has 0 atom stereocenters. The highest BCUT2D eigenvalue weighted by molar-refractivity contribution is 6.58. The Morgan fingerprint density at radius 3 is 2.93 bits per heavy atom. The van der Waals surface area contributed by atoms with Gasteiger partial charge in [-0.1, -0.05) is 6.07 Å². The number of fused-ring (bicyclic) bond motifs is 1. The predicted molar refractivity (Wildman–Crippen MR) is 55.0 cm³/mol. The van der Waals surface area contributed by atoms with Crippen LogP contribution in [0.25, 0.3) is 0 Å². The van der Waals surface area contributed by atoms with Crippen LogP contribution in [0.1, 0.15) is 0 Å². The lowest BCUT2D eigenvalue weighted by Gasteiger charge is -2.27. The van der Waals surface area contributed by atoms with E-state index in [-0.39, 0.29) is 0 Å². The molecule has 0 bridgehead atoms. The molecule has 0 radical (unpaired) electrons. The molecular weight excluding hydrogens is 181 g/mol. The summed E-state index contributed by atoms with van der Waals surface area (Å²) in [4.78, 5) is 2.08. The van der Waals surface area contributed by atoms with Gasteiger partial charge in [-0.05, 0) is 17.6 Å². The molecule has 0 saturated carbocycles. The van der Waals surface area contributed by atoms with Crippen molar-refractivity contribution in [3.63, 3.8) is 0 Å². The van der Waals surface area contributed by atoms with E-state index >= 15 is 0 Å². The summed E-state index contributed by atoms with van der Waals surface area (Å²) in [5.41, 5.74) is 1.44. The molecule has 1 aliphatic rings. The van der Waals surface area contributed by atoms with Gasteiger partial charge in [-0.25, -0.2) is 0 Å². The summed E-state index contributed by atoms with van der Waals surface area (Å²) >= 11 is 0. The lowest BCUT2D eigenvalue weighted by molar-refractivity contribution is 0.311. The smallest absolute Gasteiger partial charge is 0.488 e. The monoisotopic (exact) mass is 193 g/mol. The van der Waals surface area contributed by atoms with E-state index < -0.39 is 7.12 Å². The number of likely N-dealkylation sites (N-methyl/N-ethyl adjacent to an activating group) is 1. The van der Waals surface area contributed by atoms with Gasteiger partial charge in [0.2, 0.25) is 0 Å². The third kappa shape index (κ3) is 1.56. The Kier molecular flexibility index (Phi) is 2.35. The van der Waals surface area contributed by atoms with Gasteiger partial charge in [-0.3, -0.25) is 0 Å². The van der Waals surface area contributed by atoms with Gasteiger partial charge in [0.25, 0.3) is 0 Å². The first kappa shape index (κ1) is 9.36. The normalized spacial score (nSPS) is 14.6. The molecule has 0 aliphatic carbocycles. The van der Waals surface area contributed by atoms with Crippen LogP contribution in [0.4, 0.5) is 5.69 Å². The van der Waals surface area contributed by atoms with Crippen molar-refractivity contribution in [2.24, 2.45) is 0 Å². The van der Waals surface area contributed by atoms with Gasteiger partial charge in [0, 0.05) is 7.05 Å². The molecule has 1 aromatic carbocycles. The van der Waals surface area contributed by atoms with Crippen molar-refractivity contribution in [2.75, 3.05) is 25.1 Å². The van der Waals surface area contributed by atoms with Crippen molar-refractivity contribution in [1.29, 1.82) is 0 Å². The molecule has 0 spiro atoms. The zero-order valence-corrected chi connectivity index (χ0v) is 7.97. The molecule has 5 heteroatoms. The fourth-order valence-corrected chi connectivity index (χ4v) is 1.54. The van der Waals surface area contributed by atoms with E-state index in [9.17, 15) is 0 Å². The van der Waals surface area contributed by atoms with Crippen LogP contribution in [0.3, 0.4) is 0 Å². The van der Waals surface area contributed by atoms with E-state index in [4.69, 9.17) is 14.8 Å². The molecular formula is C9H12BNO3. The van der Waals surface area contributed by atoms with Crippen LogP contribution in [0, 0.1) is 0 Å². The highest BCUT2D eigenvalue weighted by atomic mass is 16.5. The Morgan fingerprint density at radius 1 is 1.43 bits per heavy atom. The first-order valence-electron chi connectivity index (χ1n) is 4.52. The van der Waals surface area contributed by atoms with Crippen molar-refractivity contribution in [3.8, 4) is 5.75 Å². The molecule has 1 aliphatic heterocycles. The first-order valence-corrected chi connectivity index (χ1v) is 4.52. The Balaban J connectivity index is 2.39. The molecule has 2 rings (SSSR count). The molecule has 74 valence electrons. The Bertz CT molecular complexity index is 343. The minimum absolute atomic E-state index is 0.457. The quantitative estimate of drug-likeness (QED) is 0.573. The summed E-state index contributed by atoms with van der Waals surface area (Å²) in [6.45, 7) is 1.49. The van der Waals surface area contributed by atoms with Gasteiger partial charge >= 0.3 is 7.12 Å². The van der Waals surface area contributed by atoms with E-state index in [2.05, 4.69) is 4.90 Å². The zero-order valence-electron chi connectivity index (χ0n) is 7.97. The standard InChI is InChI=1S/C9H12BNO3/c1-11-4-5-14-9-6-7(10(12)13)2-3-8(9)11/h2-3,6,12-13H,4-5H2,1H3. The second-order valence-corrected chi connectivity index (χ2v) is 3.37. The second-order valence-electron chi connectivity index (χ2n) is 3.37. The fourth-order valence-electron chi connectivity index (χ4n) is 1.54. The van der Waals surface area contributed by atoms with Crippen LogP contribution < -0.4 is 15.1 Å². The van der Waals surface area contributed by atoms with Crippen LogP contribution in [-0.2, 0) is 0 Å². The van der Waals surface area contributed by atoms with E-state index in [1.54, 1.807) is 12.1 Å². The van der Waals surface area contributed by atoms with Gasteiger partial charge in [0.1, 0.15) is 12.4 Å². The number of hydrogen-bond donors (Lipinski definition) is 2. The van der Waals surface area contributed by atoms with Crippen molar-refractivity contribution >= 4 is 18.3 Å². The first-order chi connectivity index (χ1) is 6.68. The lowest BCUT2D eigenvalue weighted by Crippen LogP contribution is -2.33. The van der Waals surface area contributed by atoms with Gasteiger partial charge in [0.15, 0.2) is 0 Å². The SMILES string of the molecule is CN1CCOc2cc(B(O)O)ccc21. The van der Waals surface area contributed by atoms with Crippen LogP contribution >= 0.6 is 0 Å². The number of nitrogens with zero attached hydrogens (tertiary/aromatic N) is 1. The van der Waals surface area contributed by atoms with Crippen LogP contribution in [0.5, 0.6) is 5.75 Å². The fraction of sp³-hybridized carbons (Fsp3) is 0.333. The van der Waals surface area contributed by atoms with Crippen molar-refractivity contribution < 1.29 is 14.8 Å². The van der Waals surface area contributed by atoms with Crippen molar-refractivity contribution in [2.45, 2.75) is 0 Å². The lowest BCUT2D eigenvalue weighted by atomic mass is 9.80. The van der Waals surface area contributed by atoms with Gasteiger partial charge < -0.3 is 19.7 Å². The number of hydrogen-bond acceptors (Lipinski definition) is 4. The predicted octanol–water partition coefficient (Wildman–Crippen LogP) is -0.805. The topological polar surface area (TPSA) is 52.9 Å². The maximum Gasteiger partial charge on any atom is 0.488 e. The Labute approximate surface area is 82.9 Å². The largest absolute Gasteiger partial charge is 0.490 e. The third-order valence-corrected chi connectivity index (χ3v) is 2.38. The zero-order chi connectivity index (χ0) is 10.1. The van der Waals surface area contributed by atoms with Gasteiger partial charge in [-0.2, -0.15) is 0 Å². The minimum Gasteiger partial charge on any atom is -0.490 e. The molecule has 0 aromatic heterocycles. The molecule has 1 heterocycles. The molecule has 0 unspecified atom stereocenters. The molecule has 0 fully saturated rings. The summed E-state index contributed by atoms with van der Waals surface area (Å²) in [6.07, 6.45) is 0. The summed E-state index contributed by atoms with van der Waals surface area (Å²) < 4.78 is 5.42. The van der Waals surface area contributed by atoms with Crippen LogP contribution in [-0.4, -0.2) is 37.4 Å². The van der Waals surface area contributed by atoms with E-state index in [0.717, 1.165) is 12.2 Å². The number of anilines is 1. The van der Waals surface area contributed by atoms with Crippen LogP contribution in [0.15, 0.2) is 18.2 Å². The molecule has 1 aromatic rings. The highest BCUT2D eigenvalue weighted by Gasteiger charge is 2.18. The second kappa shape index (κ2) is 3.51. The summed E-state index contributed by atoms with van der Waals surface area (Å²) in [5.74, 6) is 0.712. The summed E-state index contributed by atoms with van der Waals surface area (Å²) in [5, 5.41) is 18.0. The number of ether oxygens (including phenoxy) is 1. The molecule has 0 amide bonds. The molecule has 4 nitrogen and oxygen atoms in total. The highest BCUT2D eigenvalue weighted by Crippen LogP contribution is 2.28. The summed E-state index contributed by atoms with van der Waals surface area (Å²) in [6, 6.07) is 5.19. The van der Waals surface area contributed by atoms with E-state index in [1.165, 1.54) is 0 Å². The number of benzene rings is 1. The average Bonchev–Trinajstić information content (AvgIpc) is 2.17. The summed E-state index contributed by atoms with van der Waals surface area (Å²) in [7, 11) is 0.548. The molecule has 2 N–H and O–H groups in total. The van der Waals surface area contributed by atoms with Crippen molar-refractivity contribution in [1.82, 2.24) is 0 Å². The average molecular weight is 193 g/mol. The third-order valence-electron chi connectivity index (χ3n) is 2.38. The van der Waals surface area contributed by atoms with Gasteiger partial charge in [-0.15, -0.1) is 0 Å². The molecule has 14 heavy (non-hydrogen) atoms. The molecule has 0 saturated heterocycles. The van der Waals surface area contributed by atoms with Gasteiger partial charge in [0.05, 0.1) is 12.2 Å². The Hall–Kier alpha value is -1.20. The number of rotatable bonds is 1. The Morgan fingerprint density at radius 2 is 2.21 bits per heavy atom. The van der Waals surface area contributed by atoms with E-state index in [1.807, 2.05) is 13.1 Å². The minimum atomic E-state index is -1.43. The van der Waals surface area contributed by atoms with Crippen molar-refractivity contribution in [3.05, 3.63) is 18.2 Å². The van der Waals surface area contributed by atoms with Crippen LogP contribution in [0.2, 0.25) is 0 Å².